The van der Waals surface area contributed by atoms with E-state index in [0.29, 0.717) is 5.57 Å². The number of carboxylic acids is 1. The highest BCUT2D eigenvalue weighted by atomic mass is 16.4. The molecule has 5 nitrogen and oxygen atoms in total. The first kappa shape index (κ1) is 22.7. The molecule has 0 bridgehead atoms. The van der Waals surface area contributed by atoms with Crippen LogP contribution in [0.25, 0.3) is 12.2 Å². The third kappa shape index (κ3) is 7.50. The molecular weight excluding hydrogens is 350 g/mol. The fourth-order valence-corrected chi connectivity index (χ4v) is 2.32. The Morgan fingerprint density at radius 3 is 2.46 bits per heavy atom. The van der Waals surface area contributed by atoms with E-state index in [1.54, 1.807) is 0 Å². The molecule has 1 heterocycles. The van der Waals surface area contributed by atoms with Gasteiger partial charge in [0.15, 0.2) is 0 Å². The average molecular weight is 380 g/mol. The van der Waals surface area contributed by atoms with Crippen molar-refractivity contribution in [1.29, 1.82) is 0 Å². The van der Waals surface area contributed by atoms with Gasteiger partial charge in [-0.1, -0.05) is 44.2 Å². The minimum absolute atomic E-state index is 0.306. The zero-order valence-electron chi connectivity index (χ0n) is 16.8. The second-order valence-electron chi connectivity index (χ2n) is 6.08. The molecule has 0 spiro atoms. The van der Waals surface area contributed by atoms with Gasteiger partial charge in [0.25, 0.3) is 0 Å². The maximum Gasteiger partial charge on any atom is 0.331 e. The van der Waals surface area contributed by atoms with Crippen LogP contribution in [0.1, 0.15) is 33.6 Å². The van der Waals surface area contributed by atoms with Gasteiger partial charge in [0, 0.05) is 34.1 Å². The van der Waals surface area contributed by atoms with Crippen LogP contribution in [0.15, 0.2) is 60.8 Å². The van der Waals surface area contributed by atoms with E-state index in [1.807, 2.05) is 43.5 Å². The smallest absolute Gasteiger partial charge is 0.331 e. The summed E-state index contributed by atoms with van der Waals surface area (Å²) in [5.41, 5.74) is 8.87. The summed E-state index contributed by atoms with van der Waals surface area (Å²) in [5.74, 6) is -0.898. The number of unbranched alkanes of at least 4 members (excludes halogenated alkanes) is 1. The molecule has 28 heavy (non-hydrogen) atoms. The van der Waals surface area contributed by atoms with Gasteiger partial charge in [0.1, 0.15) is 0 Å². The molecule has 0 fully saturated rings. The van der Waals surface area contributed by atoms with Crippen molar-refractivity contribution in [3.05, 3.63) is 71.4 Å². The summed E-state index contributed by atoms with van der Waals surface area (Å²) in [5, 5.41) is 13.8. The van der Waals surface area contributed by atoms with Crippen LogP contribution in [0.5, 0.6) is 0 Å². The van der Waals surface area contributed by atoms with Crippen molar-refractivity contribution in [3.63, 3.8) is 0 Å². The van der Waals surface area contributed by atoms with E-state index in [1.165, 1.54) is 19.1 Å². The van der Waals surface area contributed by atoms with Gasteiger partial charge in [0.05, 0.1) is 5.35 Å². The number of aromatic nitrogens is 1. The van der Waals surface area contributed by atoms with Crippen molar-refractivity contribution in [3.8, 4) is 0 Å². The van der Waals surface area contributed by atoms with E-state index in [9.17, 15) is 4.79 Å². The number of aliphatic carboxylic acids is 1. The van der Waals surface area contributed by atoms with Crippen molar-refractivity contribution >= 4 is 35.2 Å². The highest BCUT2D eigenvalue weighted by Crippen LogP contribution is 2.14. The molecule has 148 valence electrons. The molecule has 0 radical (unpaired) electrons. The van der Waals surface area contributed by atoms with Gasteiger partial charge in [-0.15, -0.1) is 0 Å². The molecule has 0 aliphatic heterocycles. The van der Waals surface area contributed by atoms with E-state index in [-0.39, 0.29) is 0 Å². The maximum atomic E-state index is 9.97. The lowest BCUT2D eigenvalue weighted by atomic mass is 10.2. The fourth-order valence-electron chi connectivity index (χ4n) is 2.32. The molecule has 0 atom stereocenters. The molecule has 0 amide bonds. The van der Waals surface area contributed by atoms with Gasteiger partial charge < -0.3 is 16.2 Å². The summed E-state index contributed by atoms with van der Waals surface area (Å²) in [6.45, 7) is 9.07. The number of carboxylic acid groups (broad SMARTS) is 1. The van der Waals surface area contributed by atoms with E-state index in [2.05, 4.69) is 36.0 Å². The van der Waals surface area contributed by atoms with Gasteiger partial charge in [-0.3, -0.25) is 4.98 Å². The molecule has 0 saturated heterocycles. The van der Waals surface area contributed by atoms with Crippen molar-refractivity contribution in [2.75, 3.05) is 11.1 Å². The Balaban J connectivity index is 0.000000416. The van der Waals surface area contributed by atoms with Crippen LogP contribution in [-0.4, -0.2) is 16.1 Å². The number of hydrogen-bond donors (Lipinski definition) is 3. The Morgan fingerprint density at radius 2 is 1.96 bits per heavy atom. The van der Waals surface area contributed by atoms with Crippen LogP contribution in [0, 0.1) is 0 Å². The number of nitrogens with two attached hydrogens (primary N) is 1. The quantitative estimate of drug-likeness (QED) is 0.401. The summed E-state index contributed by atoms with van der Waals surface area (Å²) in [6.07, 6.45) is 11.2. The van der Waals surface area contributed by atoms with Crippen LogP contribution >= 0.6 is 0 Å². The molecule has 0 unspecified atom stereocenters. The molecule has 0 saturated carbocycles. The Morgan fingerprint density at radius 1 is 1.29 bits per heavy atom. The van der Waals surface area contributed by atoms with Gasteiger partial charge in [-0.25, -0.2) is 4.79 Å². The summed E-state index contributed by atoms with van der Waals surface area (Å²) < 4.78 is 0. The number of carbonyl (C=O) groups is 1. The van der Waals surface area contributed by atoms with E-state index in [4.69, 9.17) is 10.8 Å². The van der Waals surface area contributed by atoms with Gasteiger partial charge in [0.2, 0.25) is 0 Å². The topological polar surface area (TPSA) is 88.2 Å². The van der Waals surface area contributed by atoms with E-state index >= 15 is 0 Å². The molecule has 2 aromatic rings. The molecule has 5 heteroatoms. The largest absolute Gasteiger partial charge is 0.478 e. The molecule has 0 aliphatic carbocycles. The number of allylic oxidation sites excluding steroid dienone is 2. The van der Waals surface area contributed by atoms with Crippen LogP contribution in [0.2, 0.25) is 0 Å². The third-order valence-electron chi connectivity index (χ3n) is 3.83. The first-order valence-electron chi connectivity index (χ1n) is 9.19. The average Bonchev–Trinajstić information content (AvgIpc) is 2.69. The highest BCUT2D eigenvalue weighted by molar-refractivity contribution is 5.86. The second kappa shape index (κ2) is 12.1. The SMILES string of the molecule is C/C=c1/c(Nc2ccc(N)cc2)ccn/c1=C/CCC.C=C/C=C(\C)C(=O)O. The number of nitrogens with one attached hydrogen (secondary N) is 1. The van der Waals surface area contributed by atoms with Crippen LogP contribution < -0.4 is 21.6 Å². The number of nitrogen functional groups attached to an aromatic ring is 1. The molecule has 1 aromatic heterocycles. The normalized spacial score (nSPS) is 12.2. The Hall–Kier alpha value is -3.34. The zero-order valence-corrected chi connectivity index (χ0v) is 16.8. The summed E-state index contributed by atoms with van der Waals surface area (Å²) in [7, 11) is 0. The highest BCUT2D eigenvalue weighted by Gasteiger charge is 1.98. The fraction of sp³-hybridized carbons (Fsp3) is 0.217. The number of rotatable bonds is 6. The first-order chi connectivity index (χ1) is 13.4. The lowest BCUT2D eigenvalue weighted by Gasteiger charge is -2.08. The number of benzene rings is 1. The molecule has 0 aliphatic rings. The molecule has 1 aromatic carbocycles. The van der Waals surface area contributed by atoms with Gasteiger partial charge >= 0.3 is 5.97 Å². The number of anilines is 3. The third-order valence-corrected chi connectivity index (χ3v) is 3.83. The molecule has 2 rings (SSSR count). The zero-order chi connectivity index (χ0) is 20.9. The van der Waals surface area contributed by atoms with Crippen molar-refractivity contribution in [1.82, 2.24) is 4.98 Å². The van der Waals surface area contributed by atoms with Crippen LogP contribution in [-0.2, 0) is 4.79 Å². The predicted octanol–water partition coefficient (Wildman–Crippen LogP) is 3.99. The number of hydrogen-bond acceptors (Lipinski definition) is 4. The first-order valence-corrected chi connectivity index (χ1v) is 9.19. The summed E-state index contributed by atoms with van der Waals surface area (Å²) >= 11 is 0. The monoisotopic (exact) mass is 379 g/mol. The minimum Gasteiger partial charge on any atom is -0.478 e. The molecular formula is C23H29N3O2. The standard InChI is InChI=1S/C17H21N3.C6H8O2/c1-3-5-6-16-15(4-2)17(11-12-19-16)20-14-9-7-13(18)8-10-14;1-3-4-5(2)6(7)8/h4,6-12,20H,3,5,18H2,1-2H3;3-4H,1H2,2H3,(H,7,8)/b15-4+,16-6+;5-4+. The summed E-state index contributed by atoms with van der Waals surface area (Å²) in [4.78, 5) is 14.4. The number of nitrogens with zero attached hydrogens (tertiary/aromatic N) is 1. The van der Waals surface area contributed by atoms with Gasteiger partial charge in [-0.05, 0) is 50.6 Å². The van der Waals surface area contributed by atoms with Crippen LogP contribution in [0.4, 0.5) is 17.1 Å². The van der Waals surface area contributed by atoms with E-state index in [0.717, 1.165) is 40.5 Å². The van der Waals surface area contributed by atoms with Crippen molar-refractivity contribution in [2.45, 2.75) is 33.6 Å². The van der Waals surface area contributed by atoms with Crippen molar-refractivity contribution < 1.29 is 9.90 Å². The lowest BCUT2D eigenvalue weighted by Crippen LogP contribution is -2.30. The number of pyridine rings is 1. The Labute approximate surface area is 166 Å². The van der Waals surface area contributed by atoms with Crippen LogP contribution in [0.3, 0.4) is 0 Å². The molecule has 4 N–H and O–H groups in total. The van der Waals surface area contributed by atoms with Gasteiger partial charge in [-0.2, -0.15) is 0 Å². The lowest BCUT2D eigenvalue weighted by molar-refractivity contribution is -0.132. The Kier molecular flexibility index (Phi) is 9.83. The second-order valence-corrected chi connectivity index (χ2v) is 6.08. The Bertz CT molecular complexity index is 929. The summed E-state index contributed by atoms with van der Waals surface area (Å²) in [6, 6.07) is 9.73. The predicted molar refractivity (Wildman–Crippen MR) is 119 cm³/mol. The maximum absolute atomic E-state index is 9.97. The van der Waals surface area contributed by atoms with E-state index < -0.39 is 5.97 Å². The van der Waals surface area contributed by atoms with Crippen molar-refractivity contribution in [2.24, 2.45) is 0 Å². The minimum atomic E-state index is -0.898.